The molecule has 0 spiro atoms. The molecule has 1 amide bonds. The summed E-state index contributed by atoms with van der Waals surface area (Å²) in [5, 5.41) is 9.08. The third-order valence-electron chi connectivity index (χ3n) is 5.37. The summed E-state index contributed by atoms with van der Waals surface area (Å²) < 4.78 is 5.77. The number of amides is 1. The van der Waals surface area contributed by atoms with Gasteiger partial charge in [-0.15, -0.1) is 11.3 Å². The van der Waals surface area contributed by atoms with Gasteiger partial charge in [-0.05, 0) is 25.1 Å². The molecule has 0 fully saturated rings. The van der Waals surface area contributed by atoms with Gasteiger partial charge in [-0.25, -0.2) is 15.0 Å². The monoisotopic (exact) mass is 457 g/mol. The number of aryl methyl sites for hydroxylation is 1. The molecule has 7 nitrogen and oxygen atoms in total. The van der Waals surface area contributed by atoms with Gasteiger partial charge in [0, 0.05) is 41.5 Å². The number of nitrogens with one attached hydrogen (secondary N) is 2. The summed E-state index contributed by atoms with van der Waals surface area (Å²) in [5.74, 6) is 2.15. The van der Waals surface area contributed by atoms with Crippen LogP contribution in [0.4, 0.5) is 10.9 Å². The minimum Gasteiger partial charge on any atom is -0.493 e. The fraction of sp³-hybridized carbons (Fsp3) is 0.200. The summed E-state index contributed by atoms with van der Waals surface area (Å²) in [6.07, 6.45) is 0.747. The predicted molar refractivity (Wildman–Crippen MR) is 130 cm³/mol. The van der Waals surface area contributed by atoms with E-state index in [0.717, 1.165) is 45.4 Å². The summed E-state index contributed by atoms with van der Waals surface area (Å²) in [6.45, 7) is 4.01. The maximum Gasteiger partial charge on any atom is 0.217 e. The largest absolute Gasteiger partial charge is 0.493 e. The molecule has 1 aliphatic heterocycles. The Labute approximate surface area is 195 Å². The van der Waals surface area contributed by atoms with Crippen molar-refractivity contribution in [2.75, 3.05) is 11.9 Å². The van der Waals surface area contributed by atoms with Crippen molar-refractivity contribution in [1.82, 2.24) is 20.3 Å². The topological polar surface area (TPSA) is 89.0 Å². The van der Waals surface area contributed by atoms with Gasteiger partial charge in [0.05, 0.1) is 24.0 Å². The first-order valence-corrected chi connectivity index (χ1v) is 11.6. The van der Waals surface area contributed by atoms with E-state index in [4.69, 9.17) is 9.72 Å². The first-order valence-electron chi connectivity index (χ1n) is 10.7. The van der Waals surface area contributed by atoms with E-state index >= 15 is 0 Å². The molecular formula is C25H23N5O2S. The lowest BCUT2D eigenvalue weighted by atomic mass is 9.97. The molecule has 1 aliphatic rings. The average Bonchev–Trinajstić information content (AvgIpc) is 3.27. The molecule has 0 saturated carbocycles. The number of hydrogen-bond acceptors (Lipinski definition) is 7. The van der Waals surface area contributed by atoms with E-state index in [0.29, 0.717) is 18.2 Å². The van der Waals surface area contributed by atoms with Gasteiger partial charge in [0.2, 0.25) is 5.91 Å². The second-order valence-electron chi connectivity index (χ2n) is 7.86. The van der Waals surface area contributed by atoms with Crippen molar-refractivity contribution in [1.29, 1.82) is 0 Å². The number of aromatic nitrogens is 3. The van der Waals surface area contributed by atoms with E-state index in [2.05, 4.69) is 26.7 Å². The first-order chi connectivity index (χ1) is 16.0. The molecule has 2 aromatic carbocycles. The number of benzene rings is 2. The number of hydrogen-bond donors (Lipinski definition) is 2. The maximum atomic E-state index is 11.6. The third kappa shape index (κ3) is 4.70. The minimum atomic E-state index is -0.0529. The van der Waals surface area contributed by atoms with Crippen molar-refractivity contribution in [3.8, 4) is 28.3 Å². The van der Waals surface area contributed by atoms with Crippen molar-refractivity contribution in [3.63, 3.8) is 0 Å². The van der Waals surface area contributed by atoms with Gasteiger partial charge in [0.1, 0.15) is 17.4 Å². The molecule has 0 bridgehead atoms. The van der Waals surface area contributed by atoms with Gasteiger partial charge in [-0.2, -0.15) is 0 Å². The van der Waals surface area contributed by atoms with Gasteiger partial charge in [0.25, 0.3) is 0 Å². The van der Waals surface area contributed by atoms with E-state index in [-0.39, 0.29) is 11.9 Å². The highest BCUT2D eigenvalue weighted by Crippen LogP contribution is 2.36. The van der Waals surface area contributed by atoms with Crippen molar-refractivity contribution in [2.45, 2.75) is 26.3 Å². The fourth-order valence-electron chi connectivity index (χ4n) is 3.91. The molecule has 0 saturated heterocycles. The van der Waals surface area contributed by atoms with Gasteiger partial charge < -0.3 is 15.4 Å². The summed E-state index contributed by atoms with van der Waals surface area (Å²) >= 11 is 1.51. The predicted octanol–water partition coefficient (Wildman–Crippen LogP) is 5.28. The SMILES string of the molecule is CC(=O)NC1CCOc2ccc(-c3csc(Nc4cc(-c5ccccc5)nc(C)n4)n3)cc21. The van der Waals surface area contributed by atoms with Crippen LogP contribution < -0.4 is 15.4 Å². The second kappa shape index (κ2) is 8.99. The zero-order chi connectivity index (χ0) is 22.8. The van der Waals surface area contributed by atoms with Crippen LogP contribution in [0.3, 0.4) is 0 Å². The van der Waals surface area contributed by atoms with Crippen LogP contribution in [0.25, 0.3) is 22.5 Å². The molecule has 3 heterocycles. The lowest BCUT2D eigenvalue weighted by Gasteiger charge is -2.26. The minimum absolute atomic E-state index is 0.0478. The first kappa shape index (κ1) is 21.1. The van der Waals surface area contributed by atoms with Crippen molar-refractivity contribution in [3.05, 3.63) is 71.4 Å². The highest BCUT2D eigenvalue weighted by atomic mass is 32.1. The molecular weight excluding hydrogens is 434 g/mol. The van der Waals surface area contributed by atoms with Crippen LogP contribution in [0.15, 0.2) is 60.0 Å². The molecule has 0 aliphatic carbocycles. The zero-order valence-electron chi connectivity index (χ0n) is 18.3. The Bertz CT molecular complexity index is 1310. The van der Waals surface area contributed by atoms with Crippen molar-refractivity contribution >= 4 is 28.2 Å². The van der Waals surface area contributed by atoms with E-state index in [1.54, 1.807) is 0 Å². The van der Waals surface area contributed by atoms with Gasteiger partial charge in [-0.1, -0.05) is 30.3 Å². The molecule has 33 heavy (non-hydrogen) atoms. The number of rotatable bonds is 5. The number of carbonyl (C=O) groups excluding carboxylic acids is 1. The lowest BCUT2D eigenvalue weighted by molar-refractivity contribution is -0.119. The van der Waals surface area contributed by atoms with Crippen LogP contribution in [0.5, 0.6) is 5.75 Å². The zero-order valence-corrected chi connectivity index (χ0v) is 19.1. The number of carbonyl (C=O) groups is 1. The van der Waals surface area contributed by atoms with Gasteiger partial charge in [0.15, 0.2) is 5.13 Å². The summed E-state index contributed by atoms with van der Waals surface area (Å²) in [4.78, 5) is 25.4. The lowest BCUT2D eigenvalue weighted by Crippen LogP contribution is -2.30. The summed E-state index contributed by atoms with van der Waals surface area (Å²) in [7, 11) is 0. The molecule has 166 valence electrons. The van der Waals surface area contributed by atoms with E-state index in [9.17, 15) is 4.79 Å². The van der Waals surface area contributed by atoms with Crippen LogP contribution >= 0.6 is 11.3 Å². The van der Waals surface area contributed by atoms with Crippen LogP contribution in [0, 0.1) is 6.92 Å². The Hall–Kier alpha value is -3.78. The highest BCUT2D eigenvalue weighted by Gasteiger charge is 2.23. The molecule has 4 aromatic rings. The van der Waals surface area contributed by atoms with Crippen molar-refractivity contribution in [2.24, 2.45) is 0 Å². The molecule has 2 N–H and O–H groups in total. The summed E-state index contributed by atoms with van der Waals surface area (Å²) in [6, 6.07) is 17.9. The molecule has 0 radical (unpaired) electrons. The average molecular weight is 458 g/mol. The Morgan fingerprint density at radius 3 is 2.70 bits per heavy atom. The smallest absolute Gasteiger partial charge is 0.217 e. The van der Waals surface area contributed by atoms with E-state index in [1.807, 2.05) is 60.8 Å². The van der Waals surface area contributed by atoms with Gasteiger partial charge in [-0.3, -0.25) is 4.79 Å². The number of nitrogens with zero attached hydrogens (tertiary/aromatic N) is 3. The Kier molecular flexibility index (Phi) is 5.75. The third-order valence-corrected chi connectivity index (χ3v) is 6.13. The Morgan fingerprint density at radius 2 is 1.88 bits per heavy atom. The fourth-order valence-corrected chi connectivity index (χ4v) is 4.64. The normalized spacial score (nSPS) is 14.8. The molecule has 1 unspecified atom stereocenters. The van der Waals surface area contributed by atoms with E-state index < -0.39 is 0 Å². The number of thiazole rings is 1. The molecule has 8 heteroatoms. The Morgan fingerprint density at radius 1 is 1.03 bits per heavy atom. The van der Waals surface area contributed by atoms with Crippen molar-refractivity contribution < 1.29 is 9.53 Å². The molecule has 5 rings (SSSR count). The highest BCUT2D eigenvalue weighted by molar-refractivity contribution is 7.14. The number of anilines is 2. The van der Waals surface area contributed by atoms with E-state index in [1.165, 1.54) is 18.3 Å². The maximum absolute atomic E-state index is 11.6. The van der Waals surface area contributed by atoms with Gasteiger partial charge >= 0.3 is 0 Å². The number of fused-ring (bicyclic) bond motifs is 1. The van der Waals surface area contributed by atoms with Crippen LogP contribution in [0.2, 0.25) is 0 Å². The van der Waals surface area contributed by atoms with Crippen LogP contribution in [-0.2, 0) is 4.79 Å². The standard InChI is InChI=1S/C25H23N5O2S/c1-15-26-21(17-6-4-3-5-7-17)13-24(27-15)30-25-29-22(14-33-25)18-8-9-23-19(12-18)20(10-11-32-23)28-16(2)31/h3-9,12-14,20H,10-11H2,1-2H3,(H,28,31)(H,26,27,29,30). The van der Waals surface area contributed by atoms with Crippen LogP contribution in [-0.4, -0.2) is 27.5 Å². The van der Waals surface area contributed by atoms with Crippen LogP contribution in [0.1, 0.15) is 30.8 Å². The molecule has 1 atom stereocenters. The quantitative estimate of drug-likeness (QED) is 0.424. The summed E-state index contributed by atoms with van der Waals surface area (Å²) in [5.41, 5.74) is 4.71. The molecule has 2 aromatic heterocycles. The Balaban J connectivity index is 1.39. The second-order valence-corrected chi connectivity index (χ2v) is 8.72. The number of ether oxygens (including phenoxy) is 1.